The summed E-state index contributed by atoms with van der Waals surface area (Å²) in [6, 6.07) is 2.64. The highest BCUT2D eigenvalue weighted by atomic mass is 16.5. The molecule has 0 bridgehead atoms. The number of nitrogens with one attached hydrogen (secondary N) is 1. The van der Waals surface area contributed by atoms with E-state index in [2.05, 4.69) is 10.5 Å². The lowest BCUT2D eigenvalue weighted by molar-refractivity contribution is 0.0660. The number of carboxylic acid groups (broad SMARTS) is 1. The van der Waals surface area contributed by atoms with Crippen LogP contribution in [0.25, 0.3) is 0 Å². The van der Waals surface area contributed by atoms with Crippen molar-refractivity contribution in [2.24, 2.45) is 0 Å². The van der Waals surface area contributed by atoms with Crippen molar-refractivity contribution in [1.29, 1.82) is 0 Å². The Balaban J connectivity index is 1.66. The summed E-state index contributed by atoms with van der Waals surface area (Å²) in [5, 5.41) is 15.6. The van der Waals surface area contributed by atoms with E-state index in [9.17, 15) is 9.59 Å². The van der Waals surface area contributed by atoms with Gasteiger partial charge in [0.15, 0.2) is 0 Å². The van der Waals surface area contributed by atoms with Gasteiger partial charge in [-0.15, -0.1) is 0 Å². The van der Waals surface area contributed by atoms with Crippen molar-refractivity contribution in [1.82, 2.24) is 15.4 Å². The number of carbonyl (C=O) groups is 2. The quantitative estimate of drug-likeness (QED) is 0.890. The highest BCUT2D eigenvalue weighted by Gasteiger charge is 2.33. The summed E-state index contributed by atoms with van der Waals surface area (Å²) in [6.45, 7) is 4.51. The fourth-order valence-corrected chi connectivity index (χ4v) is 3.13. The number of hydrogen-bond acceptors (Lipinski definition) is 5. The zero-order chi connectivity index (χ0) is 17.3. The predicted octanol–water partition coefficient (Wildman–Crippen LogP) is 2.63. The minimum atomic E-state index is -1.13. The molecule has 0 radical (unpaired) electrons. The van der Waals surface area contributed by atoms with Crippen LogP contribution in [0.15, 0.2) is 21.1 Å². The lowest BCUT2D eigenvalue weighted by Crippen LogP contribution is -2.39. The molecule has 0 aromatic carbocycles. The molecule has 2 N–H and O–H groups in total. The number of rotatable bonds is 4. The van der Waals surface area contributed by atoms with Gasteiger partial charge < -0.3 is 24.3 Å². The van der Waals surface area contributed by atoms with Gasteiger partial charge in [0.1, 0.15) is 11.5 Å². The number of carboxylic acids is 1. The molecule has 1 aliphatic heterocycles. The minimum absolute atomic E-state index is 0.0533. The summed E-state index contributed by atoms with van der Waals surface area (Å²) < 4.78 is 10.3. The molecule has 128 valence electrons. The first-order valence-electron chi connectivity index (χ1n) is 7.76. The maximum atomic E-state index is 12.5. The Kier molecular flexibility index (Phi) is 4.28. The highest BCUT2D eigenvalue weighted by molar-refractivity contribution is 5.84. The van der Waals surface area contributed by atoms with E-state index in [1.165, 1.54) is 6.07 Å². The lowest BCUT2D eigenvalue weighted by atomic mass is 10.0. The zero-order valence-corrected chi connectivity index (χ0v) is 13.5. The van der Waals surface area contributed by atoms with Gasteiger partial charge in [-0.25, -0.2) is 9.59 Å². The number of carbonyl (C=O) groups excluding carboxylic acids is 1. The number of hydrogen-bond donors (Lipinski definition) is 2. The second-order valence-electron chi connectivity index (χ2n) is 5.82. The maximum Gasteiger partial charge on any atom is 0.371 e. The van der Waals surface area contributed by atoms with E-state index in [0.29, 0.717) is 12.3 Å². The van der Waals surface area contributed by atoms with E-state index in [-0.39, 0.29) is 24.4 Å². The summed E-state index contributed by atoms with van der Waals surface area (Å²) >= 11 is 0. The monoisotopic (exact) mass is 333 g/mol. The maximum absolute atomic E-state index is 12.5. The molecule has 3 heterocycles. The van der Waals surface area contributed by atoms with Crippen LogP contribution < -0.4 is 5.32 Å². The normalized spacial score (nSPS) is 17.2. The van der Waals surface area contributed by atoms with Gasteiger partial charge in [0.2, 0.25) is 5.76 Å². The number of aromatic carboxylic acids is 1. The molecule has 2 aromatic heterocycles. The molecule has 0 unspecified atom stereocenters. The van der Waals surface area contributed by atoms with Crippen LogP contribution in [-0.2, 0) is 6.54 Å². The van der Waals surface area contributed by atoms with E-state index in [1.807, 2.05) is 13.8 Å². The summed E-state index contributed by atoms with van der Waals surface area (Å²) in [7, 11) is 0. The standard InChI is InChI=1S/C16H19N3O5/c1-9-14(10(2)24-18-9)12-4-3-7-19(12)16(22)17-8-11-5-6-13(23-11)15(20)21/h5-6,12H,3-4,7-8H2,1-2H3,(H,17,22)(H,20,21)/t12-/m1/s1. The van der Waals surface area contributed by atoms with Crippen molar-refractivity contribution in [2.75, 3.05) is 6.54 Å². The molecule has 1 saturated heterocycles. The second kappa shape index (κ2) is 6.38. The molecule has 3 rings (SSSR count). The topological polar surface area (TPSA) is 109 Å². The third kappa shape index (κ3) is 2.99. The fraction of sp³-hybridized carbons (Fsp3) is 0.438. The molecule has 2 aromatic rings. The second-order valence-corrected chi connectivity index (χ2v) is 5.82. The number of urea groups is 1. The van der Waals surface area contributed by atoms with Crippen molar-refractivity contribution in [2.45, 2.75) is 39.3 Å². The molecule has 0 aliphatic carbocycles. The predicted molar refractivity (Wildman–Crippen MR) is 82.6 cm³/mol. The van der Waals surface area contributed by atoms with Gasteiger partial charge in [0.25, 0.3) is 0 Å². The molecular weight excluding hydrogens is 314 g/mol. The van der Waals surface area contributed by atoms with Crippen LogP contribution in [0, 0.1) is 13.8 Å². The van der Waals surface area contributed by atoms with E-state index >= 15 is 0 Å². The van der Waals surface area contributed by atoms with Crippen LogP contribution in [0.5, 0.6) is 0 Å². The van der Waals surface area contributed by atoms with Crippen LogP contribution in [-0.4, -0.2) is 33.7 Å². The Labute approximate surface area is 138 Å². The Hall–Kier alpha value is -2.77. The molecular formula is C16H19N3O5. The van der Waals surface area contributed by atoms with Gasteiger partial charge >= 0.3 is 12.0 Å². The third-order valence-corrected chi connectivity index (χ3v) is 4.22. The average Bonchev–Trinajstić information content (AvgIpc) is 3.25. The van der Waals surface area contributed by atoms with Crippen molar-refractivity contribution >= 4 is 12.0 Å². The van der Waals surface area contributed by atoms with Gasteiger partial charge in [-0.2, -0.15) is 0 Å². The Morgan fingerprint density at radius 1 is 1.42 bits per heavy atom. The first kappa shape index (κ1) is 16.1. The molecule has 24 heavy (non-hydrogen) atoms. The number of aromatic nitrogens is 1. The lowest BCUT2D eigenvalue weighted by Gasteiger charge is -2.24. The SMILES string of the molecule is Cc1noc(C)c1[C@H]1CCCN1C(=O)NCc1ccc(C(=O)O)o1. The Bertz CT molecular complexity index is 744. The van der Waals surface area contributed by atoms with Crippen molar-refractivity contribution in [3.05, 3.63) is 40.7 Å². The fourth-order valence-electron chi connectivity index (χ4n) is 3.13. The van der Waals surface area contributed by atoms with E-state index < -0.39 is 5.97 Å². The van der Waals surface area contributed by atoms with Gasteiger partial charge in [0.05, 0.1) is 18.3 Å². The first-order valence-corrected chi connectivity index (χ1v) is 7.76. The Morgan fingerprint density at radius 2 is 2.21 bits per heavy atom. The summed E-state index contributed by atoms with van der Waals surface area (Å²) in [6.07, 6.45) is 1.77. The van der Waals surface area contributed by atoms with Crippen molar-refractivity contribution in [3.8, 4) is 0 Å². The largest absolute Gasteiger partial charge is 0.475 e. The molecule has 8 nitrogen and oxygen atoms in total. The van der Waals surface area contributed by atoms with E-state index in [4.69, 9.17) is 14.0 Å². The first-order chi connectivity index (χ1) is 11.5. The molecule has 1 fully saturated rings. The average molecular weight is 333 g/mol. The van der Waals surface area contributed by atoms with Crippen LogP contribution in [0.1, 0.15) is 52.2 Å². The van der Waals surface area contributed by atoms with Crippen LogP contribution >= 0.6 is 0 Å². The smallest absolute Gasteiger partial charge is 0.371 e. The van der Waals surface area contributed by atoms with E-state index in [1.54, 1.807) is 11.0 Å². The molecule has 8 heteroatoms. The molecule has 1 atom stereocenters. The zero-order valence-electron chi connectivity index (χ0n) is 13.5. The van der Waals surface area contributed by atoms with Crippen LogP contribution in [0.2, 0.25) is 0 Å². The molecule has 2 amide bonds. The minimum Gasteiger partial charge on any atom is -0.475 e. The Morgan fingerprint density at radius 3 is 2.83 bits per heavy atom. The molecule has 0 saturated carbocycles. The highest BCUT2D eigenvalue weighted by Crippen LogP contribution is 2.35. The van der Waals surface area contributed by atoms with Gasteiger partial charge in [-0.1, -0.05) is 5.16 Å². The summed E-state index contributed by atoms with van der Waals surface area (Å²) in [5.74, 6) is -0.150. The van der Waals surface area contributed by atoms with Gasteiger partial charge in [-0.05, 0) is 38.8 Å². The van der Waals surface area contributed by atoms with Crippen molar-refractivity contribution < 1.29 is 23.6 Å². The van der Waals surface area contributed by atoms with Crippen LogP contribution in [0.3, 0.4) is 0 Å². The third-order valence-electron chi connectivity index (χ3n) is 4.22. The number of furan rings is 1. The summed E-state index contributed by atoms with van der Waals surface area (Å²) in [5.41, 5.74) is 1.77. The van der Waals surface area contributed by atoms with Crippen molar-refractivity contribution in [3.63, 3.8) is 0 Å². The van der Waals surface area contributed by atoms with Gasteiger partial charge in [-0.3, -0.25) is 0 Å². The van der Waals surface area contributed by atoms with E-state index in [0.717, 1.165) is 29.9 Å². The number of amides is 2. The molecule has 0 spiro atoms. The van der Waals surface area contributed by atoms with Crippen LogP contribution in [0.4, 0.5) is 4.79 Å². The molecule has 1 aliphatic rings. The number of nitrogens with zero attached hydrogens (tertiary/aromatic N) is 2. The summed E-state index contributed by atoms with van der Waals surface area (Å²) in [4.78, 5) is 25.0. The number of aryl methyl sites for hydroxylation is 2. The number of likely N-dealkylation sites (tertiary alicyclic amines) is 1. The van der Waals surface area contributed by atoms with Gasteiger partial charge in [0, 0.05) is 12.1 Å².